The Balaban J connectivity index is 2.39. The Morgan fingerprint density at radius 1 is 1.27 bits per heavy atom. The maximum atomic E-state index is 2.26. The van der Waals surface area contributed by atoms with Crippen molar-refractivity contribution in [3.8, 4) is 0 Å². The van der Waals surface area contributed by atoms with E-state index in [1.165, 1.54) is 4.55 Å². The van der Waals surface area contributed by atoms with Crippen LogP contribution < -0.4 is 3.69 Å². The van der Waals surface area contributed by atoms with Gasteiger partial charge in [0.15, 0.2) is 0 Å². The molecule has 0 unspecified atom stereocenters. The lowest BCUT2D eigenvalue weighted by atomic mass is 10.4. The molecule has 0 aliphatic carbocycles. The van der Waals surface area contributed by atoms with Gasteiger partial charge < -0.3 is 0 Å². The topological polar surface area (TPSA) is 0 Å². The molecule has 0 aromatic heterocycles. The second-order valence-electron chi connectivity index (χ2n) is 2.59. The summed E-state index contributed by atoms with van der Waals surface area (Å²) in [6, 6.07) is 10.8. The van der Waals surface area contributed by atoms with Crippen LogP contribution in [0.1, 0.15) is 6.92 Å². The van der Waals surface area contributed by atoms with Gasteiger partial charge in [-0.2, -0.15) is 3.69 Å². The predicted molar refractivity (Wildman–Crippen MR) is 51.5 cm³/mol. The molecular formula is C10H12Mg. The third kappa shape index (κ3) is 3.58. The van der Waals surface area contributed by atoms with E-state index in [9.17, 15) is 0 Å². The van der Waals surface area contributed by atoms with Crippen LogP contribution in [-0.4, -0.2) is 20.4 Å². The number of rotatable bonds is 3. The van der Waals surface area contributed by atoms with Crippen LogP contribution in [0.15, 0.2) is 42.5 Å². The summed E-state index contributed by atoms with van der Waals surface area (Å²) < 4.78 is 2.85. The van der Waals surface area contributed by atoms with E-state index in [1.807, 2.05) is 0 Å². The second kappa shape index (κ2) is 5.39. The van der Waals surface area contributed by atoms with E-state index in [4.69, 9.17) is 0 Å². The van der Waals surface area contributed by atoms with Crippen molar-refractivity contribution in [2.24, 2.45) is 0 Å². The monoisotopic (exact) mass is 156 g/mol. The first-order valence-electron chi connectivity index (χ1n) is 4.08. The number of benzene rings is 1. The average Bonchev–Trinajstić information content (AvgIpc) is 2.07. The van der Waals surface area contributed by atoms with Gasteiger partial charge in [-0.1, -0.05) is 36.4 Å². The molecule has 1 rings (SSSR count). The van der Waals surface area contributed by atoms with Gasteiger partial charge in [-0.05, 0) is 6.92 Å². The van der Waals surface area contributed by atoms with E-state index in [1.54, 1.807) is 3.69 Å². The minimum absolute atomic E-state index is 0.00921. The zero-order valence-corrected chi connectivity index (χ0v) is 8.37. The number of allylic oxidation sites excluding steroid dienone is 2. The normalized spacial score (nSPS) is 9.91. The highest BCUT2D eigenvalue weighted by molar-refractivity contribution is 6.53. The van der Waals surface area contributed by atoms with E-state index in [2.05, 4.69) is 49.4 Å². The van der Waals surface area contributed by atoms with Crippen LogP contribution in [0.5, 0.6) is 0 Å². The molecule has 54 valence electrons. The Hall–Kier alpha value is -0.274. The zero-order chi connectivity index (χ0) is 7.94. The minimum Gasteiger partial charge on any atom is -0.173 e. The van der Waals surface area contributed by atoms with Crippen molar-refractivity contribution >= 4 is 24.1 Å². The molecule has 0 atom stereocenters. The van der Waals surface area contributed by atoms with Crippen LogP contribution in [0.4, 0.5) is 0 Å². The maximum Gasteiger partial charge on any atom is 0.413 e. The van der Waals surface area contributed by atoms with Crippen LogP contribution in [0.25, 0.3) is 0 Å². The molecule has 0 aliphatic rings. The summed E-state index contributed by atoms with van der Waals surface area (Å²) in [6.07, 6.45) is 4.40. The van der Waals surface area contributed by atoms with Crippen molar-refractivity contribution in [1.29, 1.82) is 0 Å². The summed E-state index contributed by atoms with van der Waals surface area (Å²) in [6.45, 7) is 2.08. The third-order valence-corrected chi connectivity index (χ3v) is 3.35. The Morgan fingerprint density at radius 3 is 2.64 bits per heavy atom. The highest BCUT2D eigenvalue weighted by Crippen LogP contribution is 1.85. The molecule has 0 aliphatic heterocycles. The highest BCUT2D eigenvalue weighted by Gasteiger charge is 1.93. The smallest absolute Gasteiger partial charge is 0.173 e. The molecule has 0 saturated carbocycles. The molecule has 0 bridgehead atoms. The zero-order valence-electron chi connectivity index (χ0n) is 6.96. The Morgan fingerprint density at radius 2 is 2.00 bits per heavy atom. The molecule has 0 fully saturated rings. The average molecular weight is 157 g/mol. The standard InChI is InChI=1S/C6H5.C4H7.Mg/c1-2-4-6-5-3-1;1-3-4-2;/h1-5H;3-4H,1H2,2H3;. The fraction of sp³-hybridized carbons (Fsp3) is 0.200. The van der Waals surface area contributed by atoms with E-state index in [-0.39, 0.29) is 20.4 Å². The summed E-state index contributed by atoms with van der Waals surface area (Å²) in [7, 11) is 0. The summed E-state index contributed by atoms with van der Waals surface area (Å²) >= 11 is -0.00921. The van der Waals surface area contributed by atoms with Crippen molar-refractivity contribution in [1.82, 2.24) is 0 Å². The van der Waals surface area contributed by atoms with Gasteiger partial charge in [0.2, 0.25) is 0 Å². The van der Waals surface area contributed by atoms with Crippen molar-refractivity contribution in [3.05, 3.63) is 42.5 Å². The quantitative estimate of drug-likeness (QED) is 0.464. The van der Waals surface area contributed by atoms with Gasteiger partial charge >= 0.3 is 20.4 Å². The summed E-state index contributed by atoms with van der Waals surface area (Å²) in [5.74, 6) is 0. The van der Waals surface area contributed by atoms with Crippen molar-refractivity contribution in [2.75, 3.05) is 0 Å². The first kappa shape index (κ1) is 8.82. The van der Waals surface area contributed by atoms with Crippen LogP contribution in [0.3, 0.4) is 0 Å². The second-order valence-corrected chi connectivity index (χ2v) is 4.49. The molecule has 0 heterocycles. The molecule has 11 heavy (non-hydrogen) atoms. The molecule has 0 spiro atoms. The van der Waals surface area contributed by atoms with Gasteiger partial charge in [-0.25, -0.2) is 0 Å². The van der Waals surface area contributed by atoms with E-state index < -0.39 is 0 Å². The first-order chi connectivity index (χ1) is 5.43. The molecule has 0 nitrogen and oxygen atoms in total. The van der Waals surface area contributed by atoms with Gasteiger partial charge in [0.25, 0.3) is 0 Å². The molecular weight excluding hydrogens is 144 g/mol. The largest absolute Gasteiger partial charge is 0.413 e. The van der Waals surface area contributed by atoms with E-state index in [0.29, 0.717) is 0 Å². The van der Waals surface area contributed by atoms with Crippen LogP contribution in [0, 0.1) is 0 Å². The maximum absolute atomic E-state index is 2.26. The molecule has 0 amide bonds. The Labute approximate surface area is 78.0 Å². The van der Waals surface area contributed by atoms with Gasteiger partial charge in [-0.3, -0.25) is 0 Å². The highest BCUT2D eigenvalue weighted by atomic mass is 24.5. The molecule has 1 aromatic rings. The summed E-state index contributed by atoms with van der Waals surface area (Å²) in [4.78, 5) is 0. The fourth-order valence-electron chi connectivity index (χ4n) is 1.06. The molecule has 1 heteroatoms. The lowest BCUT2D eigenvalue weighted by molar-refractivity contribution is 1.61. The lowest BCUT2D eigenvalue weighted by Crippen LogP contribution is -2.11. The Kier molecular flexibility index (Phi) is 4.32. The first-order valence-corrected chi connectivity index (χ1v) is 5.79. The van der Waals surface area contributed by atoms with Crippen LogP contribution in [0.2, 0.25) is 4.55 Å². The number of hydrogen-bond acceptors (Lipinski definition) is 0. The van der Waals surface area contributed by atoms with E-state index >= 15 is 0 Å². The van der Waals surface area contributed by atoms with Gasteiger partial charge in [-0.15, -0.1) is 10.6 Å². The van der Waals surface area contributed by atoms with Gasteiger partial charge in [0.1, 0.15) is 0 Å². The van der Waals surface area contributed by atoms with Gasteiger partial charge in [0, 0.05) is 0 Å². The molecule has 0 N–H and O–H groups in total. The van der Waals surface area contributed by atoms with Crippen LogP contribution >= 0.6 is 0 Å². The third-order valence-electron chi connectivity index (χ3n) is 1.68. The van der Waals surface area contributed by atoms with E-state index in [0.717, 1.165) is 0 Å². The van der Waals surface area contributed by atoms with Crippen molar-refractivity contribution in [2.45, 2.75) is 11.5 Å². The van der Waals surface area contributed by atoms with Crippen molar-refractivity contribution in [3.63, 3.8) is 0 Å². The Bertz CT molecular complexity index is 214. The number of hydrogen-bond donors (Lipinski definition) is 0. The molecule has 0 radical (unpaired) electrons. The predicted octanol–water partition coefficient (Wildman–Crippen LogP) is 2.01. The van der Waals surface area contributed by atoms with Gasteiger partial charge in [0.05, 0.1) is 0 Å². The molecule has 1 aromatic carbocycles. The summed E-state index contributed by atoms with van der Waals surface area (Å²) in [5.41, 5.74) is 0. The van der Waals surface area contributed by atoms with Crippen LogP contribution in [-0.2, 0) is 0 Å². The SMILES string of the molecule is CC=C[CH2][Mg][c]1ccccc1. The van der Waals surface area contributed by atoms with Crippen molar-refractivity contribution < 1.29 is 0 Å². The fourth-order valence-corrected chi connectivity index (χ4v) is 2.50. The minimum atomic E-state index is -0.00921. The lowest BCUT2D eigenvalue weighted by Gasteiger charge is -1.93. The molecule has 0 saturated heterocycles. The summed E-state index contributed by atoms with van der Waals surface area (Å²) in [5, 5.41) is 0.